The minimum atomic E-state index is -0.134. The van der Waals surface area contributed by atoms with E-state index in [1.54, 1.807) is 0 Å². The van der Waals surface area contributed by atoms with Crippen LogP contribution in [0, 0.1) is 5.92 Å². The van der Waals surface area contributed by atoms with E-state index in [9.17, 15) is 4.79 Å². The Morgan fingerprint density at radius 3 is 2.95 bits per heavy atom. The zero-order chi connectivity index (χ0) is 13.6. The van der Waals surface area contributed by atoms with E-state index in [1.807, 2.05) is 4.90 Å². The molecule has 3 heterocycles. The lowest BCUT2D eigenvalue weighted by Crippen LogP contribution is -2.39. The van der Waals surface area contributed by atoms with Crippen LogP contribution in [0.25, 0.3) is 0 Å². The molecular formula is C13H20N4OS. The van der Waals surface area contributed by atoms with Gasteiger partial charge in [0.1, 0.15) is 4.88 Å². The van der Waals surface area contributed by atoms with Crippen LogP contribution in [0.2, 0.25) is 0 Å². The van der Waals surface area contributed by atoms with Gasteiger partial charge in [-0.25, -0.2) is 0 Å². The lowest BCUT2D eigenvalue weighted by atomic mass is 9.91. The summed E-state index contributed by atoms with van der Waals surface area (Å²) in [4.78, 5) is 15.5. The molecule has 1 N–H and O–H groups in total. The second-order valence-electron chi connectivity index (χ2n) is 6.47. The van der Waals surface area contributed by atoms with Crippen LogP contribution in [0.15, 0.2) is 0 Å². The van der Waals surface area contributed by atoms with Gasteiger partial charge in [0.25, 0.3) is 5.91 Å². The molecule has 2 aliphatic heterocycles. The highest BCUT2D eigenvalue weighted by molar-refractivity contribution is 7.08. The van der Waals surface area contributed by atoms with E-state index in [0.717, 1.165) is 36.6 Å². The Labute approximate surface area is 117 Å². The number of carbonyl (C=O) groups is 1. The first-order valence-electron chi connectivity index (χ1n) is 6.83. The van der Waals surface area contributed by atoms with Crippen LogP contribution >= 0.6 is 11.5 Å². The van der Waals surface area contributed by atoms with Crippen LogP contribution in [0.5, 0.6) is 0 Å². The Bertz CT molecular complexity index is 493. The molecule has 0 bridgehead atoms. The second-order valence-corrected chi connectivity index (χ2v) is 7.23. The maximum absolute atomic E-state index is 12.7. The molecule has 0 aliphatic carbocycles. The van der Waals surface area contributed by atoms with Crippen molar-refractivity contribution in [2.45, 2.75) is 38.6 Å². The monoisotopic (exact) mass is 280 g/mol. The fourth-order valence-corrected chi connectivity index (χ4v) is 3.89. The predicted octanol–water partition coefficient (Wildman–Crippen LogP) is 1.27. The number of hydrogen-bond acceptors (Lipinski definition) is 5. The van der Waals surface area contributed by atoms with Gasteiger partial charge in [0, 0.05) is 31.1 Å². The summed E-state index contributed by atoms with van der Waals surface area (Å²) in [7, 11) is 0. The maximum Gasteiger partial charge on any atom is 0.267 e. The second kappa shape index (κ2) is 4.52. The molecule has 3 rings (SSSR count). The molecule has 0 saturated carbocycles. The van der Waals surface area contributed by atoms with Crippen LogP contribution in [0.3, 0.4) is 0 Å². The molecule has 1 amide bonds. The van der Waals surface area contributed by atoms with E-state index in [0.29, 0.717) is 12.0 Å². The molecule has 2 saturated heterocycles. The number of likely N-dealkylation sites (tertiary alicyclic amines) is 1. The van der Waals surface area contributed by atoms with Crippen LogP contribution in [-0.4, -0.2) is 46.1 Å². The van der Waals surface area contributed by atoms with Crippen molar-refractivity contribution in [3.8, 4) is 0 Å². The first-order chi connectivity index (χ1) is 8.98. The fraction of sp³-hybridized carbons (Fsp3) is 0.769. The molecule has 1 aromatic heterocycles. The SMILES string of the molecule is CC(C)(C)c1nnsc1C(=O)N1CC[C@H]2CNC[C@H]21. The topological polar surface area (TPSA) is 58.1 Å². The molecule has 6 heteroatoms. The average Bonchev–Trinajstić information content (AvgIpc) is 3.03. The standard InChI is InChI=1S/C13H20N4OS/c1-13(2,3)11-10(19-16-15-11)12(18)17-5-4-8-6-14-7-9(8)17/h8-9,14H,4-7H2,1-3H3/t8-,9+/m0/s1. The van der Waals surface area contributed by atoms with Crippen molar-refractivity contribution < 1.29 is 4.79 Å². The highest BCUT2D eigenvalue weighted by Gasteiger charge is 2.41. The summed E-state index contributed by atoms with van der Waals surface area (Å²) in [6.45, 7) is 9.06. The molecule has 2 atom stereocenters. The quantitative estimate of drug-likeness (QED) is 0.841. The third-order valence-electron chi connectivity index (χ3n) is 4.10. The number of carbonyl (C=O) groups excluding carboxylic acids is 1. The molecule has 2 fully saturated rings. The van der Waals surface area contributed by atoms with Crippen molar-refractivity contribution in [1.82, 2.24) is 19.8 Å². The molecule has 0 radical (unpaired) electrons. The number of nitrogens with zero attached hydrogens (tertiary/aromatic N) is 3. The van der Waals surface area contributed by atoms with Crippen molar-refractivity contribution in [2.24, 2.45) is 5.92 Å². The van der Waals surface area contributed by atoms with Gasteiger partial charge in [-0.1, -0.05) is 25.3 Å². The van der Waals surface area contributed by atoms with Crippen LogP contribution in [0.4, 0.5) is 0 Å². The third kappa shape index (κ3) is 2.17. The van der Waals surface area contributed by atoms with Gasteiger partial charge in [-0.3, -0.25) is 4.79 Å². The average molecular weight is 280 g/mol. The van der Waals surface area contributed by atoms with Crippen LogP contribution < -0.4 is 5.32 Å². The molecular weight excluding hydrogens is 260 g/mol. The van der Waals surface area contributed by atoms with Gasteiger partial charge >= 0.3 is 0 Å². The van der Waals surface area contributed by atoms with E-state index in [-0.39, 0.29) is 11.3 Å². The Balaban J connectivity index is 1.87. The van der Waals surface area contributed by atoms with Crippen molar-refractivity contribution in [3.05, 3.63) is 10.6 Å². The third-order valence-corrected chi connectivity index (χ3v) is 4.81. The summed E-state index contributed by atoms with van der Waals surface area (Å²) >= 11 is 1.23. The summed E-state index contributed by atoms with van der Waals surface area (Å²) in [5.41, 5.74) is 0.697. The number of hydrogen-bond donors (Lipinski definition) is 1. The van der Waals surface area contributed by atoms with Gasteiger partial charge in [-0.2, -0.15) is 0 Å². The summed E-state index contributed by atoms with van der Waals surface area (Å²) in [6, 6.07) is 0.363. The van der Waals surface area contributed by atoms with E-state index in [2.05, 4.69) is 35.7 Å². The van der Waals surface area contributed by atoms with Gasteiger partial charge in [0.05, 0.1) is 5.69 Å². The number of rotatable bonds is 1. The predicted molar refractivity (Wildman–Crippen MR) is 74.4 cm³/mol. The normalized spacial score (nSPS) is 26.8. The summed E-state index contributed by atoms with van der Waals surface area (Å²) in [5, 5.41) is 7.55. The van der Waals surface area contributed by atoms with E-state index in [4.69, 9.17) is 0 Å². The molecule has 19 heavy (non-hydrogen) atoms. The largest absolute Gasteiger partial charge is 0.333 e. The first-order valence-corrected chi connectivity index (χ1v) is 7.60. The Hall–Kier alpha value is -1.01. The molecule has 0 unspecified atom stereocenters. The number of amides is 1. The van der Waals surface area contributed by atoms with Gasteiger partial charge in [-0.15, -0.1) is 5.10 Å². The molecule has 1 aromatic rings. The minimum absolute atomic E-state index is 0.121. The highest BCUT2D eigenvalue weighted by atomic mass is 32.1. The van der Waals surface area contributed by atoms with Gasteiger partial charge in [-0.05, 0) is 23.9 Å². The van der Waals surface area contributed by atoms with Crippen molar-refractivity contribution in [3.63, 3.8) is 0 Å². The lowest BCUT2D eigenvalue weighted by molar-refractivity contribution is 0.0739. The zero-order valence-electron chi connectivity index (χ0n) is 11.6. The lowest BCUT2D eigenvalue weighted by Gasteiger charge is -2.24. The molecule has 104 valence electrons. The van der Waals surface area contributed by atoms with E-state index in [1.165, 1.54) is 11.5 Å². The first kappa shape index (κ1) is 13.0. The Morgan fingerprint density at radius 2 is 2.21 bits per heavy atom. The van der Waals surface area contributed by atoms with Gasteiger partial charge in [0.15, 0.2) is 0 Å². The molecule has 5 nitrogen and oxygen atoms in total. The number of aromatic nitrogens is 2. The van der Waals surface area contributed by atoms with Gasteiger partial charge < -0.3 is 10.2 Å². The summed E-state index contributed by atoms with van der Waals surface area (Å²) in [5.74, 6) is 0.749. The highest BCUT2D eigenvalue weighted by Crippen LogP contribution is 2.32. The van der Waals surface area contributed by atoms with Crippen molar-refractivity contribution in [2.75, 3.05) is 19.6 Å². The van der Waals surface area contributed by atoms with E-state index < -0.39 is 0 Å². The molecule has 0 aromatic carbocycles. The number of fused-ring (bicyclic) bond motifs is 1. The van der Waals surface area contributed by atoms with Crippen molar-refractivity contribution in [1.29, 1.82) is 0 Å². The van der Waals surface area contributed by atoms with E-state index >= 15 is 0 Å². The minimum Gasteiger partial charge on any atom is -0.333 e. The Kier molecular flexibility index (Phi) is 3.09. The number of nitrogens with one attached hydrogen (secondary N) is 1. The zero-order valence-corrected chi connectivity index (χ0v) is 12.5. The fourth-order valence-electron chi connectivity index (χ4n) is 3.05. The Morgan fingerprint density at radius 1 is 1.42 bits per heavy atom. The smallest absolute Gasteiger partial charge is 0.267 e. The maximum atomic E-state index is 12.7. The van der Waals surface area contributed by atoms with Crippen molar-refractivity contribution >= 4 is 17.4 Å². The molecule has 2 aliphatic rings. The van der Waals surface area contributed by atoms with Gasteiger partial charge in [0.2, 0.25) is 0 Å². The molecule has 0 spiro atoms. The summed E-state index contributed by atoms with van der Waals surface area (Å²) in [6.07, 6.45) is 1.11. The summed E-state index contributed by atoms with van der Waals surface area (Å²) < 4.78 is 4.00. The van der Waals surface area contributed by atoms with Crippen LogP contribution in [0.1, 0.15) is 42.6 Å². The van der Waals surface area contributed by atoms with Crippen LogP contribution in [-0.2, 0) is 5.41 Å².